The molecule has 0 saturated heterocycles. The summed E-state index contributed by atoms with van der Waals surface area (Å²) in [5, 5.41) is 2.71. The van der Waals surface area contributed by atoms with Gasteiger partial charge in [0, 0.05) is 18.7 Å². The third-order valence-electron chi connectivity index (χ3n) is 3.48. The highest BCUT2D eigenvalue weighted by atomic mass is 32.2. The van der Waals surface area contributed by atoms with E-state index in [0.717, 1.165) is 11.8 Å². The molecule has 0 atom stereocenters. The quantitative estimate of drug-likeness (QED) is 0.663. The molecule has 8 nitrogen and oxygen atoms in total. The van der Waals surface area contributed by atoms with Crippen LogP contribution in [0.2, 0.25) is 0 Å². The second-order valence-corrected chi connectivity index (χ2v) is 7.22. The van der Waals surface area contributed by atoms with Crippen LogP contribution in [-0.2, 0) is 14.9 Å². The number of carbonyl (C=O) groups is 1. The molecule has 136 valence electrons. The molecule has 0 aliphatic heterocycles. The Kier molecular flexibility index (Phi) is 4.56. The fraction of sp³-hybridized carbons (Fsp3) is 0.176. The number of rotatable bonds is 5. The van der Waals surface area contributed by atoms with Crippen LogP contribution in [0, 0.1) is 0 Å². The van der Waals surface area contributed by atoms with Gasteiger partial charge in [0.1, 0.15) is 17.3 Å². The molecule has 1 amide bonds. The number of hydrogen-bond donors (Lipinski definition) is 2. The molecule has 3 rings (SSSR count). The molecule has 0 saturated carbocycles. The molecule has 0 unspecified atom stereocenters. The van der Waals surface area contributed by atoms with E-state index in [1.807, 2.05) is 6.07 Å². The lowest BCUT2D eigenvalue weighted by Crippen LogP contribution is -2.05. The third-order valence-corrected chi connectivity index (χ3v) is 3.97. The molecule has 0 radical (unpaired) electrons. The van der Waals surface area contributed by atoms with Gasteiger partial charge in [-0.1, -0.05) is 0 Å². The average Bonchev–Trinajstić information content (AvgIpc) is 2.95. The highest BCUT2D eigenvalue weighted by molar-refractivity contribution is 7.86. The minimum Gasteiger partial charge on any atom is -0.496 e. The molecular weight excluding hydrogens is 358 g/mol. The molecule has 0 aliphatic rings. The van der Waals surface area contributed by atoms with Crippen molar-refractivity contribution in [1.29, 1.82) is 0 Å². The summed E-state index contributed by atoms with van der Waals surface area (Å²) >= 11 is 0. The van der Waals surface area contributed by atoms with Crippen LogP contribution in [0.5, 0.6) is 11.5 Å². The largest absolute Gasteiger partial charge is 0.496 e. The van der Waals surface area contributed by atoms with Crippen LogP contribution in [0.15, 0.2) is 36.4 Å². The van der Waals surface area contributed by atoms with Crippen LogP contribution in [0.1, 0.15) is 6.92 Å². The fourth-order valence-corrected chi connectivity index (χ4v) is 2.96. The molecule has 2 aromatic carbocycles. The first kappa shape index (κ1) is 17.7. The van der Waals surface area contributed by atoms with Crippen LogP contribution in [-0.4, -0.2) is 37.7 Å². The fourth-order valence-electron chi connectivity index (χ4n) is 2.51. The maximum absolute atomic E-state index is 11.3. The van der Waals surface area contributed by atoms with Crippen molar-refractivity contribution >= 4 is 32.7 Å². The van der Waals surface area contributed by atoms with Crippen LogP contribution in [0.3, 0.4) is 0 Å². The van der Waals surface area contributed by atoms with Crippen molar-refractivity contribution in [1.82, 2.24) is 9.97 Å². The highest BCUT2D eigenvalue weighted by Gasteiger charge is 2.14. The summed E-state index contributed by atoms with van der Waals surface area (Å²) < 4.78 is 32.7. The van der Waals surface area contributed by atoms with E-state index in [2.05, 4.69) is 15.3 Å². The number of aromatic nitrogens is 2. The van der Waals surface area contributed by atoms with E-state index in [0.29, 0.717) is 28.3 Å². The van der Waals surface area contributed by atoms with Gasteiger partial charge in [0.25, 0.3) is 0 Å². The standard InChI is InChI=1S/C17H17N3O5S/c1-10(21)18-11-4-7-14-15(8-11)20-17(19-14)13-6-5-12(9-16(13)24-2)25-26(3,22)23/h4-9H,1-3H3,(H,18,21)(H,19,20). The normalized spacial score (nSPS) is 11.3. The van der Waals surface area contributed by atoms with E-state index >= 15 is 0 Å². The summed E-state index contributed by atoms with van der Waals surface area (Å²) in [5.41, 5.74) is 2.75. The van der Waals surface area contributed by atoms with Gasteiger partial charge in [-0.2, -0.15) is 8.42 Å². The Hall–Kier alpha value is -3.07. The molecule has 26 heavy (non-hydrogen) atoms. The van der Waals surface area contributed by atoms with E-state index < -0.39 is 10.1 Å². The number of imidazole rings is 1. The third kappa shape index (κ3) is 3.94. The number of benzene rings is 2. The van der Waals surface area contributed by atoms with Gasteiger partial charge in [0.05, 0.1) is 30.0 Å². The second-order valence-electron chi connectivity index (χ2n) is 5.65. The SMILES string of the molecule is COc1cc(OS(C)(=O)=O)ccc1-c1nc2cc(NC(C)=O)ccc2[nH]1. The number of amides is 1. The molecule has 1 heterocycles. The van der Waals surface area contributed by atoms with Crippen LogP contribution in [0.4, 0.5) is 5.69 Å². The Morgan fingerprint density at radius 3 is 2.62 bits per heavy atom. The summed E-state index contributed by atoms with van der Waals surface area (Å²) in [5.74, 6) is 0.940. The lowest BCUT2D eigenvalue weighted by molar-refractivity contribution is -0.114. The lowest BCUT2D eigenvalue weighted by Gasteiger charge is -2.09. The van der Waals surface area contributed by atoms with Crippen molar-refractivity contribution in [3.8, 4) is 22.9 Å². The van der Waals surface area contributed by atoms with E-state index in [1.165, 1.54) is 26.2 Å². The van der Waals surface area contributed by atoms with Gasteiger partial charge in [-0.3, -0.25) is 4.79 Å². The van der Waals surface area contributed by atoms with Crippen LogP contribution >= 0.6 is 0 Å². The minimum absolute atomic E-state index is 0.150. The number of hydrogen-bond acceptors (Lipinski definition) is 6. The van der Waals surface area contributed by atoms with Gasteiger partial charge < -0.3 is 19.2 Å². The number of anilines is 1. The number of methoxy groups -OCH3 is 1. The van der Waals surface area contributed by atoms with Crippen molar-refractivity contribution in [2.75, 3.05) is 18.7 Å². The van der Waals surface area contributed by atoms with Crippen molar-refractivity contribution < 1.29 is 22.1 Å². The first-order valence-electron chi connectivity index (χ1n) is 7.60. The predicted molar refractivity (Wildman–Crippen MR) is 97.9 cm³/mol. The molecule has 9 heteroatoms. The van der Waals surface area contributed by atoms with Crippen LogP contribution in [0.25, 0.3) is 22.4 Å². The monoisotopic (exact) mass is 375 g/mol. The number of aromatic amines is 1. The molecule has 2 N–H and O–H groups in total. The number of nitrogens with zero attached hydrogens (tertiary/aromatic N) is 1. The molecular formula is C17H17N3O5S. The number of nitrogens with one attached hydrogen (secondary N) is 2. The molecule has 0 fully saturated rings. The van der Waals surface area contributed by atoms with Gasteiger partial charge >= 0.3 is 10.1 Å². The van der Waals surface area contributed by atoms with E-state index in [-0.39, 0.29) is 11.7 Å². The number of H-pyrrole nitrogens is 1. The summed E-state index contributed by atoms with van der Waals surface area (Å²) in [6.07, 6.45) is 0.972. The molecule has 1 aromatic heterocycles. The zero-order chi connectivity index (χ0) is 18.9. The maximum atomic E-state index is 11.3. The summed E-state index contributed by atoms with van der Waals surface area (Å²) in [4.78, 5) is 18.9. The van der Waals surface area contributed by atoms with Crippen molar-refractivity contribution in [2.45, 2.75) is 6.92 Å². The van der Waals surface area contributed by atoms with Crippen molar-refractivity contribution in [3.05, 3.63) is 36.4 Å². The topological polar surface area (TPSA) is 110 Å². The molecule has 0 spiro atoms. The van der Waals surface area contributed by atoms with Crippen LogP contribution < -0.4 is 14.2 Å². The summed E-state index contributed by atoms with van der Waals surface area (Å²) in [6.45, 7) is 1.44. The molecule has 3 aromatic rings. The van der Waals surface area contributed by atoms with E-state index in [1.54, 1.807) is 18.2 Å². The Labute approximate surface area is 150 Å². The number of ether oxygens (including phenoxy) is 1. The lowest BCUT2D eigenvalue weighted by atomic mass is 10.2. The maximum Gasteiger partial charge on any atom is 0.306 e. The number of carbonyl (C=O) groups excluding carboxylic acids is 1. The van der Waals surface area contributed by atoms with E-state index in [9.17, 15) is 13.2 Å². The van der Waals surface area contributed by atoms with Gasteiger partial charge in [-0.25, -0.2) is 4.98 Å². The van der Waals surface area contributed by atoms with Crippen molar-refractivity contribution in [2.24, 2.45) is 0 Å². The molecule has 0 bridgehead atoms. The Morgan fingerprint density at radius 1 is 1.19 bits per heavy atom. The van der Waals surface area contributed by atoms with Gasteiger partial charge in [0.2, 0.25) is 5.91 Å². The highest BCUT2D eigenvalue weighted by Crippen LogP contribution is 2.33. The second kappa shape index (κ2) is 6.68. The Morgan fingerprint density at radius 2 is 1.96 bits per heavy atom. The van der Waals surface area contributed by atoms with Crippen molar-refractivity contribution in [3.63, 3.8) is 0 Å². The zero-order valence-corrected chi connectivity index (χ0v) is 15.2. The Balaban J connectivity index is 2.01. The number of fused-ring (bicyclic) bond motifs is 1. The zero-order valence-electron chi connectivity index (χ0n) is 14.4. The summed E-state index contributed by atoms with van der Waals surface area (Å²) in [7, 11) is -2.16. The summed E-state index contributed by atoms with van der Waals surface area (Å²) in [6, 6.07) is 9.99. The smallest absolute Gasteiger partial charge is 0.306 e. The minimum atomic E-state index is -3.63. The predicted octanol–water partition coefficient (Wildman–Crippen LogP) is 2.54. The van der Waals surface area contributed by atoms with Gasteiger partial charge in [-0.05, 0) is 30.3 Å². The molecule has 0 aliphatic carbocycles. The van der Waals surface area contributed by atoms with Gasteiger partial charge in [0.15, 0.2) is 0 Å². The Bertz CT molecular complexity index is 1090. The first-order chi connectivity index (χ1) is 12.2. The average molecular weight is 375 g/mol. The van der Waals surface area contributed by atoms with Gasteiger partial charge in [-0.15, -0.1) is 0 Å². The first-order valence-corrected chi connectivity index (χ1v) is 9.42. The van der Waals surface area contributed by atoms with E-state index in [4.69, 9.17) is 8.92 Å².